The van der Waals surface area contributed by atoms with E-state index in [1.54, 1.807) is 0 Å². The van der Waals surface area contributed by atoms with Crippen molar-refractivity contribution >= 4 is 0 Å². The molecule has 0 amide bonds. The van der Waals surface area contributed by atoms with Gasteiger partial charge >= 0.3 is 0 Å². The SMILES string of the molecule is Cc1c(C#N)ccc2c1CN(C)CC2. The number of hydrogen-bond acceptors (Lipinski definition) is 2. The second kappa shape index (κ2) is 3.43. The normalized spacial score (nSPS) is 16.1. The van der Waals surface area contributed by atoms with Gasteiger partial charge in [0.25, 0.3) is 0 Å². The topological polar surface area (TPSA) is 27.0 Å². The van der Waals surface area contributed by atoms with Gasteiger partial charge in [-0.25, -0.2) is 0 Å². The number of fused-ring (bicyclic) bond motifs is 1. The Labute approximate surface area is 84.8 Å². The molecule has 14 heavy (non-hydrogen) atoms. The highest BCUT2D eigenvalue weighted by atomic mass is 15.1. The molecule has 0 unspecified atom stereocenters. The van der Waals surface area contributed by atoms with E-state index in [2.05, 4.69) is 31.0 Å². The van der Waals surface area contributed by atoms with Crippen molar-refractivity contribution in [3.05, 3.63) is 34.4 Å². The largest absolute Gasteiger partial charge is 0.302 e. The quantitative estimate of drug-likeness (QED) is 0.618. The van der Waals surface area contributed by atoms with Gasteiger partial charge in [0.05, 0.1) is 11.6 Å². The smallest absolute Gasteiger partial charge is 0.0994 e. The lowest BCUT2D eigenvalue weighted by atomic mass is 9.93. The summed E-state index contributed by atoms with van der Waals surface area (Å²) in [7, 11) is 2.13. The van der Waals surface area contributed by atoms with E-state index in [1.807, 2.05) is 6.07 Å². The monoisotopic (exact) mass is 186 g/mol. The Balaban J connectivity index is 2.52. The number of nitrogens with zero attached hydrogens (tertiary/aromatic N) is 2. The van der Waals surface area contributed by atoms with Crippen LogP contribution in [0, 0.1) is 18.3 Å². The van der Waals surface area contributed by atoms with Crippen LogP contribution in [0.4, 0.5) is 0 Å². The van der Waals surface area contributed by atoms with Gasteiger partial charge in [-0.15, -0.1) is 0 Å². The van der Waals surface area contributed by atoms with Gasteiger partial charge in [0, 0.05) is 13.1 Å². The minimum atomic E-state index is 0.819. The van der Waals surface area contributed by atoms with Gasteiger partial charge in [-0.05, 0) is 43.1 Å². The number of nitriles is 1. The first-order valence-corrected chi connectivity index (χ1v) is 4.92. The molecule has 0 saturated carbocycles. The summed E-state index contributed by atoms with van der Waals surface area (Å²) in [6.07, 6.45) is 1.11. The molecule has 0 saturated heterocycles. The van der Waals surface area contributed by atoms with Crippen LogP contribution in [-0.2, 0) is 13.0 Å². The summed E-state index contributed by atoms with van der Waals surface area (Å²) in [6.45, 7) is 4.16. The molecule has 0 radical (unpaired) electrons. The Bertz CT molecular complexity index is 402. The molecule has 72 valence electrons. The molecule has 0 bridgehead atoms. The maximum Gasteiger partial charge on any atom is 0.0994 e. The lowest BCUT2D eigenvalue weighted by Gasteiger charge is -2.26. The average Bonchev–Trinajstić information content (AvgIpc) is 2.20. The van der Waals surface area contributed by atoms with E-state index in [9.17, 15) is 0 Å². The standard InChI is InChI=1S/C12H14N2/c1-9-11(7-13)4-3-10-5-6-14(2)8-12(9)10/h3-4H,5-6,8H2,1-2H3. The van der Waals surface area contributed by atoms with Crippen LogP contribution in [0.5, 0.6) is 0 Å². The molecular formula is C12H14N2. The van der Waals surface area contributed by atoms with Crippen LogP contribution in [-0.4, -0.2) is 18.5 Å². The van der Waals surface area contributed by atoms with Crippen LogP contribution >= 0.6 is 0 Å². The summed E-state index contributed by atoms with van der Waals surface area (Å²) in [5.74, 6) is 0. The lowest BCUT2D eigenvalue weighted by Crippen LogP contribution is -2.27. The third-order valence-electron chi connectivity index (χ3n) is 3.01. The van der Waals surface area contributed by atoms with E-state index in [0.717, 1.165) is 30.6 Å². The van der Waals surface area contributed by atoms with Crippen molar-refractivity contribution in [1.82, 2.24) is 4.90 Å². The van der Waals surface area contributed by atoms with Gasteiger partial charge in [-0.2, -0.15) is 5.26 Å². The van der Waals surface area contributed by atoms with Gasteiger partial charge in [0.2, 0.25) is 0 Å². The van der Waals surface area contributed by atoms with Crippen molar-refractivity contribution in [3.8, 4) is 6.07 Å². The molecule has 1 aromatic rings. The molecule has 1 aliphatic rings. The van der Waals surface area contributed by atoms with Gasteiger partial charge < -0.3 is 4.90 Å². The molecule has 0 atom stereocenters. The zero-order valence-electron chi connectivity index (χ0n) is 8.67. The fourth-order valence-electron chi connectivity index (χ4n) is 2.05. The van der Waals surface area contributed by atoms with Crippen LogP contribution in [0.3, 0.4) is 0 Å². The first-order chi connectivity index (χ1) is 6.72. The zero-order chi connectivity index (χ0) is 10.1. The van der Waals surface area contributed by atoms with E-state index < -0.39 is 0 Å². The third-order valence-corrected chi connectivity index (χ3v) is 3.01. The van der Waals surface area contributed by atoms with E-state index >= 15 is 0 Å². The summed E-state index contributed by atoms with van der Waals surface area (Å²) in [5.41, 5.74) is 4.76. The van der Waals surface area contributed by atoms with Crippen molar-refractivity contribution in [3.63, 3.8) is 0 Å². The fraction of sp³-hybridized carbons (Fsp3) is 0.417. The fourth-order valence-corrected chi connectivity index (χ4v) is 2.05. The third kappa shape index (κ3) is 1.40. The Morgan fingerprint density at radius 2 is 2.21 bits per heavy atom. The predicted octanol–water partition coefficient (Wildman–Crippen LogP) is 1.85. The second-order valence-corrected chi connectivity index (χ2v) is 3.98. The zero-order valence-corrected chi connectivity index (χ0v) is 8.67. The molecule has 0 spiro atoms. The highest BCUT2D eigenvalue weighted by Gasteiger charge is 2.16. The molecule has 0 fully saturated rings. The van der Waals surface area contributed by atoms with Gasteiger partial charge in [-0.1, -0.05) is 6.07 Å². The molecular weight excluding hydrogens is 172 g/mol. The first kappa shape index (κ1) is 9.23. The minimum absolute atomic E-state index is 0.819. The van der Waals surface area contributed by atoms with Crippen LogP contribution in [0.25, 0.3) is 0 Å². The molecule has 1 aliphatic heterocycles. The van der Waals surface area contributed by atoms with E-state index in [4.69, 9.17) is 5.26 Å². The van der Waals surface area contributed by atoms with Crippen molar-refractivity contribution < 1.29 is 0 Å². The molecule has 0 N–H and O–H groups in total. The van der Waals surface area contributed by atoms with Crippen LogP contribution in [0.2, 0.25) is 0 Å². The van der Waals surface area contributed by atoms with Crippen LogP contribution in [0.15, 0.2) is 12.1 Å². The van der Waals surface area contributed by atoms with Crippen molar-refractivity contribution in [2.75, 3.05) is 13.6 Å². The summed E-state index contributed by atoms with van der Waals surface area (Å²) in [6, 6.07) is 6.29. The van der Waals surface area contributed by atoms with Gasteiger partial charge in [0.15, 0.2) is 0 Å². The number of benzene rings is 1. The lowest BCUT2D eigenvalue weighted by molar-refractivity contribution is 0.312. The minimum Gasteiger partial charge on any atom is -0.302 e. The number of likely N-dealkylation sites (N-methyl/N-ethyl adjacent to an activating group) is 1. The van der Waals surface area contributed by atoms with E-state index in [0.29, 0.717) is 0 Å². The molecule has 0 aliphatic carbocycles. The number of hydrogen-bond donors (Lipinski definition) is 0. The Morgan fingerprint density at radius 3 is 2.93 bits per heavy atom. The molecule has 2 heteroatoms. The highest BCUT2D eigenvalue weighted by molar-refractivity contribution is 5.46. The Morgan fingerprint density at radius 1 is 1.43 bits per heavy atom. The maximum absolute atomic E-state index is 8.92. The highest BCUT2D eigenvalue weighted by Crippen LogP contribution is 2.23. The molecule has 2 rings (SSSR count). The van der Waals surface area contributed by atoms with Crippen molar-refractivity contribution in [1.29, 1.82) is 5.26 Å². The van der Waals surface area contributed by atoms with Crippen LogP contribution < -0.4 is 0 Å². The molecule has 1 heterocycles. The average molecular weight is 186 g/mol. The summed E-state index contributed by atoms with van der Waals surface area (Å²) in [5, 5.41) is 8.92. The molecule has 0 aromatic heterocycles. The number of rotatable bonds is 0. The van der Waals surface area contributed by atoms with Crippen molar-refractivity contribution in [2.24, 2.45) is 0 Å². The predicted molar refractivity (Wildman–Crippen MR) is 55.9 cm³/mol. The first-order valence-electron chi connectivity index (χ1n) is 4.92. The summed E-state index contributed by atoms with van der Waals surface area (Å²) in [4.78, 5) is 2.30. The second-order valence-electron chi connectivity index (χ2n) is 3.98. The van der Waals surface area contributed by atoms with Gasteiger partial charge in [-0.3, -0.25) is 0 Å². The van der Waals surface area contributed by atoms with Crippen LogP contribution in [0.1, 0.15) is 22.3 Å². The Kier molecular flexibility index (Phi) is 2.26. The summed E-state index contributed by atoms with van der Waals surface area (Å²) < 4.78 is 0. The summed E-state index contributed by atoms with van der Waals surface area (Å²) >= 11 is 0. The molecule has 1 aromatic carbocycles. The Hall–Kier alpha value is -1.33. The van der Waals surface area contributed by atoms with E-state index in [1.165, 1.54) is 11.1 Å². The van der Waals surface area contributed by atoms with Crippen molar-refractivity contribution in [2.45, 2.75) is 19.9 Å². The van der Waals surface area contributed by atoms with Gasteiger partial charge in [0.1, 0.15) is 0 Å². The maximum atomic E-state index is 8.92. The van der Waals surface area contributed by atoms with E-state index in [-0.39, 0.29) is 0 Å². The molecule has 2 nitrogen and oxygen atoms in total.